The predicted octanol–water partition coefficient (Wildman–Crippen LogP) is 5.33. The number of hydrogen-bond acceptors (Lipinski definition) is 4. The summed E-state index contributed by atoms with van der Waals surface area (Å²) in [6, 6.07) is 2.72. The number of nitrogens with zero attached hydrogens (tertiary/aromatic N) is 1. The molecule has 1 aliphatic carbocycles. The lowest BCUT2D eigenvalue weighted by Crippen LogP contribution is -2.17. The molecule has 4 heteroatoms. The summed E-state index contributed by atoms with van der Waals surface area (Å²) in [5.41, 5.74) is 1.44. The molecule has 0 bridgehead atoms. The summed E-state index contributed by atoms with van der Waals surface area (Å²) < 4.78 is 0. The molecule has 21 heavy (non-hydrogen) atoms. The molecule has 2 heterocycles. The minimum Gasteiger partial charge on any atom is -0.305 e. The van der Waals surface area contributed by atoms with Gasteiger partial charge in [0.1, 0.15) is 0 Å². The van der Waals surface area contributed by atoms with Gasteiger partial charge in [0.05, 0.1) is 5.01 Å². The molecule has 1 fully saturated rings. The summed E-state index contributed by atoms with van der Waals surface area (Å²) in [7, 11) is 0. The summed E-state index contributed by atoms with van der Waals surface area (Å²) in [6.07, 6.45) is 7.51. The van der Waals surface area contributed by atoms with E-state index in [-0.39, 0.29) is 0 Å². The lowest BCUT2D eigenvalue weighted by molar-refractivity contribution is 0.578. The number of hydrogen-bond donors (Lipinski definition) is 1. The highest BCUT2D eigenvalue weighted by atomic mass is 32.1. The number of aryl methyl sites for hydroxylation is 2. The van der Waals surface area contributed by atoms with E-state index in [4.69, 9.17) is 0 Å². The zero-order valence-corrected chi connectivity index (χ0v) is 14.7. The molecule has 0 saturated heterocycles. The average Bonchev–Trinajstić information content (AvgIpc) is 3.15. The third kappa shape index (κ3) is 3.55. The number of thiazole rings is 1. The average molecular weight is 321 g/mol. The van der Waals surface area contributed by atoms with Crippen molar-refractivity contribution in [1.29, 1.82) is 0 Å². The third-order valence-corrected chi connectivity index (χ3v) is 6.55. The number of nitrogens with one attached hydrogen (secondary N) is 1. The second kappa shape index (κ2) is 6.59. The largest absolute Gasteiger partial charge is 0.305 e. The van der Waals surface area contributed by atoms with Crippen molar-refractivity contribution in [2.24, 2.45) is 0 Å². The third-order valence-electron chi connectivity index (χ3n) is 4.40. The standard InChI is InChI=1S/C17H24N2S2/c1-11-8-16(13(3)20-11)12(2)18-9-15-10-19-17(21-15)14-6-4-5-7-14/h8,10,12,14,18H,4-7,9H2,1-3H3/t12-/m1/s1. The molecular formula is C17H24N2S2. The zero-order chi connectivity index (χ0) is 14.8. The fraction of sp³-hybridized carbons (Fsp3) is 0.588. The van der Waals surface area contributed by atoms with Gasteiger partial charge in [-0.1, -0.05) is 12.8 Å². The van der Waals surface area contributed by atoms with E-state index in [0.29, 0.717) is 6.04 Å². The molecule has 2 aromatic rings. The predicted molar refractivity (Wildman–Crippen MR) is 92.4 cm³/mol. The van der Waals surface area contributed by atoms with Crippen molar-refractivity contribution in [3.05, 3.63) is 37.5 Å². The first-order chi connectivity index (χ1) is 10.1. The van der Waals surface area contributed by atoms with Gasteiger partial charge in [-0.2, -0.15) is 0 Å². The van der Waals surface area contributed by atoms with Gasteiger partial charge >= 0.3 is 0 Å². The van der Waals surface area contributed by atoms with E-state index in [1.54, 1.807) is 0 Å². The van der Waals surface area contributed by atoms with Gasteiger partial charge in [-0.3, -0.25) is 0 Å². The van der Waals surface area contributed by atoms with E-state index >= 15 is 0 Å². The first-order valence-electron chi connectivity index (χ1n) is 7.88. The summed E-state index contributed by atoms with van der Waals surface area (Å²) in [6.45, 7) is 7.59. The van der Waals surface area contributed by atoms with Crippen LogP contribution in [0.15, 0.2) is 12.3 Å². The Morgan fingerprint density at radius 2 is 2.05 bits per heavy atom. The smallest absolute Gasteiger partial charge is 0.0959 e. The molecule has 1 atom stereocenters. The second-order valence-corrected chi connectivity index (χ2v) is 8.72. The lowest BCUT2D eigenvalue weighted by atomic mass is 10.1. The van der Waals surface area contributed by atoms with Crippen LogP contribution in [-0.2, 0) is 6.54 Å². The summed E-state index contributed by atoms with van der Waals surface area (Å²) >= 11 is 3.80. The van der Waals surface area contributed by atoms with Gasteiger partial charge in [0, 0.05) is 39.3 Å². The Labute approximate surface area is 135 Å². The van der Waals surface area contributed by atoms with Crippen LogP contribution in [-0.4, -0.2) is 4.98 Å². The fourth-order valence-corrected chi connectivity index (χ4v) is 5.27. The van der Waals surface area contributed by atoms with Crippen LogP contribution < -0.4 is 5.32 Å². The van der Waals surface area contributed by atoms with Gasteiger partial charge in [0.15, 0.2) is 0 Å². The molecule has 0 radical (unpaired) electrons. The fourth-order valence-electron chi connectivity index (χ4n) is 3.21. The lowest BCUT2D eigenvalue weighted by Gasteiger charge is -2.12. The number of thiophene rings is 1. The number of aromatic nitrogens is 1. The highest BCUT2D eigenvalue weighted by molar-refractivity contribution is 7.12. The van der Waals surface area contributed by atoms with Crippen LogP contribution in [0.5, 0.6) is 0 Å². The summed E-state index contributed by atoms with van der Waals surface area (Å²) in [5, 5.41) is 5.01. The van der Waals surface area contributed by atoms with E-state index in [9.17, 15) is 0 Å². The molecule has 1 aliphatic rings. The van der Waals surface area contributed by atoms with Crippen LogP contribution >= 0.6 is 22.7 Å². The van der Waals surface area contributed by atoms with Gasteiger partial charge in [0.25, 0.3) is 0 Å². The van der Waals surface area contributed by atoms with E-state index < -0.39 is 0 Å². The Morgan fingerprint density at radius 3 is 2.71 bits per heavy atom. The van der Waals surface area contributed by atoms with Crippen LogP contribution in [0.4, 0.5) is 0 Å². The van der Waals surface area contributed by atoms with Crippen molar-refractivity contribution in [2.75, 3.05) is 0 Å². The Hall–Kier alpha value is -0.710. The van der Waals surface area contributed by atoms with Gasteiger partial charge in [-0.15, -0.1) is 22.7 Å². The maximum absolute atomic E-state index is 4.65. The molecule has 2 nitrogen and oxygen atoms in total. The highest BCUT2D eigenvalue weighted by Gasteiger charge is 2.20. The molecule has 3 rings (SSSR count). The molecule has 1 saturated carbocycles. The van der Waals surface area contributed by atoms with Gasteiger partial charge in [-0.25, -0.2) is 4.98 Å². The van der Waals surface area contributed by atoms with Crippen molar-refractivity contribution in [3.8, 4) is 0 Å². The van der Waals surface area contributed by atoms with Crippen molar-refractivity contribution in [1.82, 2.24) is 10.3 Å². The molecule has 1 N–H and O–H groups in total. The maximum Gasteiger partial charge on any atom is 0.0959 e. The SMILES string of the molecule is Cc1cc([C@@H](C)NCc2cnc(C3CCCC3)s2)c(C)s1. The van der Waals surface area contributed by atoms with Crippen molar-refractivity contribution >= 4 is 22.7 Å². The first kappa shape index (κ1) is 15.2. The Morgan fingerprint density at radius 1 is 1.29 bits per heavy atom. The van der Waals surface area contributed by atoms with Crippen LogP contribution in [0, 0.1) is 13.8 Å². The number of rotatable bonds is 5. The maximum atomic E-state index is 4.65. The monoisotopic (exact) mass is 320 g/mol. The minimum atomic E-state index is 0.409. The molecule has 0 unspecified atom stereocenters. The molecule has 0 spiro atoms. The van der Waals surface area contributed by atoms with Crippen molar-refractivity contribution in [3.63, 3.8) is 0 Å². The normalized spacial score (nSPS) is 17.5. The van der Waals surface area contributed by atoms with Gasteiger partial charge in [-0.05, 0) is 45.2 Å². The molecular weight excluding hydrogens is 296 g/mol. The summed E-state index contributed by atoms with van der Waals surface area (Å²) in [5.74, 6) is 0.739. The Kier molecular flexibility index (Phi) is 4.77. The molecule has 0 aromatic carbocycles. The van der Waals surface area contributed by atoms with Crippen LogP contribution in [0.2, 0.25) is 0 Å². The summed E-state index contributed by atoms with van der Waals surface area (Å²) in [4.78, 5) is 8.85. The Balaban J connectivity index is 1.58. The van der Waals surface area contributed by atoms with Crippen LogP contribution in [0.25, 0.3) is 0 Å². The molecule has 0 aliphatic heterocycles. The topological polar surface area (TPSA) is 24.9 Å². The zero-order valence-electron chi connectivity index (χ0n) is 13.1. The van der Waals surface area contributed by atoms with E-state index in [0.717, 1.165) is 12.5 Å². The second-order valence-electron chi connectivity index (χ2n) is 6.12. The van der Waals surface area contributed by atoms with Gasteiger partial charge in [0.2, 0.25) is 0 Å². The van der Waals surface area contributed by atoms with E-state index in [1.807, 2.05) is 22.7 Å². The molecule has 2 aromatic heterocycles. The van der Waals surface area contributed by atoms with Crippen LogP contribution in [0.1, 0.15) is 69.8 Å². The van der Waals surface area contributed by atoms with E-state index in [2.05, 4.69) is 43.3 Å². The quantitative estimate of drug-likeness (QED) is 0.805. The van der Waals surface area contributed by atoms with E-state index in [1.165, 1.54) is 50.9 Å². The molecule has 114 valence electrons. The minimum absolute atomic E-state index is 0.409. The van der Waals surface area contributed by atoms with Crippen LogP contribution in [0.3, 0.4) is 0 Å². The first-order valence-corrected chi connectivity index (χ1v) is 9.51. The Bertz CT molecular complexity index is 594. The highest BCUT2D eigenvalue weighted by Crippen LogP contribution is 2.36. The van der Waals surface area contributed by atoms with Crippen molar-refractivity contribution in [2.45, 2.75) is 65.0 Å². The van der Waals surface area contributed by atoms with Gasteiger partial charge < -0.3 is 5.32 Å². The van der Waals surface area contributed by atoms with Crippen molar-refractivity contribution < 1.29 is 0 Å². The molecule has 0 amide bonds.